The second-order valence-corrected chi connectivity index (χ2v) is 5.10. The van der Waals surface area contributed by atoms with Crippen LogP contribution < -0.4 is 11.5 Å². The summed E-state index contributed by atoms with van der Waals surface area (Å²) in [5, 5.41) is 14.9. The van der Waals surface area contributed by atoms with E-state index in [4.69, 9.17) is 22.3 Å². The third kappa shape index (κ3) is 2.20. The lowest BCUT2D eigenvalue weighted by Gasteiger charge is -2.04. The van der Waals surface area contributed by atoms with Crippen molar-refractivity contribution in [1.82, 2.24) is 9.55 Å². The molecule has 2 aromatic carbocycles. The Bertz CT molecular complexity index is 889. The van der Waals surface area contributed by atoms with Gasteiger partial charge in [-0.25, -0.2) is 4.98 Å². The Morgan fingerprint density at radius 3 is 2.14 bits per heavy atom. The zero-order chi connectivity index (χ0) is 15.9. The fourth-order valence-electron chi connectivity index (χ4n) is 2.42. The van der Waals surface area contributed by atoms with Crippen molar-refractivity contribution in [2.45, 2.75) is 0 Å². The number of hydrogen-bond donors (Lipinski definition) is 4. The van der Waals surface area contributed by atoms with Gasteiger partial charge in [-0.2, -0.15) is 0 Å². The third-order valence-corrected chi connectivity index (χ3v) is 3.65. The van der Waals surface area contributed by atoms with Crippen LogP contribution >= 0.6 is 0 Å². The van der Waals surface area contributed by atoms with Crippen molar-refractivity contribution in [2.75, 3.05) is 0 Å². The molecule has 0 spiro atoms. The quantitative estimate of drug-likeness (QED) is 0.435. The Balaban J connectivity index is 2.12. The van der Waals surface area contributed by atoms with E-state index < -0.39 is 0 Å². The number of benzene rings is 2. The van der Waals surface area contributed by atoms with Crippen LogP contribution in [-0.2, 0) is 7.05 Å². The summed E-state index contributed by atoms with van der Waals surface area (Å²) in [6.45, 7) is 0. The van der Waals surface area contributed by atoms with Gasteiger partial charge in [-0.05, 0) is 18.2 Å². The van der Waals surface area contributed by atoms with E-state index >= 15 is 0 Å². The minimum Gasteiger partial charge on any atom is -0.384 e. The van der Waals surface area contributed by atoms with Crippen molar-refractivity contribution in [3.8, 4) is 11.4 Å². The van der Waals surface area contributed by atoms with Crippen LogP contribution in [0.3, 0.4) is 0 Å². The highest BCUT2D eigenvalue weighted by Crippen LogP contribution is 2.24. The van der Waals surface area contributed by atoms with Crippen LogP contribution in [0, 0.1) is 10.8 Å². The summed E-state index contributed by atoms with van der Waals surface area (Å²) in [4.78, 5) is 4.63. The summed E-state index contributed by atoms with van der Waals surface area (Å²) in [6, 6.07) is 12.9. The Morgan fingerprint density at radius 2 is 1.55 bits per heavy atom. The molecule has 3 aromatic rings. The van der Waals surface area contributed by atoms with Crippen LogP contribution in [0.4, 0.5) is 0 Å². The van der Waals surface area contributed by atoms with Crippen molar-refractivity contribution in [2.24, 2.45) is 18.5 Å². The number of aryl methyl sites for hydroxylation is 1. The number of nitrogens with one attached hydrogen (secondary N) is 2. The standard InChI is InChI=1S/C16H16N6/c1-22-13-7-6-11(15(19)20)8-12(13)21-16(22)10-4-2-9(3-5-10)14(17)18/h2-8H,1H3,(H3,17,18)(H3,19,20). The molecule has 0 unspecified atom stereocenters. The molecule has 0 saturated carbocycles. The van der Waals surface area contributed by atoms with E-state index in [-0.39, 0.29) is 11.7 Å². The zero-order valence-electron chi connectivity index (χ0n) is 12.1. The second-order valence-electron chi connectivity index (χ2n) is 5.10. The van der Waals surface area contributed by atoms with Crippen molar-refractivity contribution in [3.63, 3.8) is 0 Å². The van der Waals surface area contributed by atoms with Gasteiger partial charge in [0.15, 0.2) is 0 Å². The predicted molar refractivity (Wildman–Crippen MR) is 88.2 cm³/mol. The summed E-state index contributed by atoms with van der Waals surface area (Å²) < 4.78 is 1.99. The van der Waals surface area contributed by atoms with Crippen LogP contribution in [0.5, 0.6) is 0 Å². The van der Waals surface area contributed by atoms with Crippen LogP contribution in [0.15, 0.2) is 42.5 Å². The molecule has 1 heterocycles. The molecule has 6 nitrogen and oxygen atoms in total. The SMILES string of the molecule is Cn1c(-c2ccc(C(=N)N)cc2)nc2cc(C(=N)N)ccc21. The van der Waals surface area contributed by atoms with Gasteiger partial charge in [-0.3, -0.25) is 10.8 Å². The normalized spacial score (nSPS) is 10.8. The maximum atomic E-state index is 7.51. The summed E-state index contributed by atoms with van der Waals surface area (Å²) >= 11 is 0. The van der Waals surface area contributed by atoms with Crippen molar-refractivity contribution in [1.29, 1.82) is 10.8 Å². The number of aromatic nitrogens is 2. The van der Waals surface area contributed by atoms with E-state index in [9.17, 15) is 0 Å². The zero-order valence-corrected chi connectivity index (χ0v) is 12.1. The summed E-state index contributed by atoms with van der Waals surface area (Å²) in [5.41, 5.74) is 15.0. The fraction of sp³-hybridized carbons (Fsp3) is 0.0625. The van der Waals surface area contributed by atoms with Gasteiger partial charge in [0.2, 0.25) is 0 Å². The van der Waals surface area contributed by atoms with Crippen molar-refractivity contribution < 1.29 is 0 Å². The van der Waals surface area contributed by atoms with Crippen molar-refractivity contribution >= 4 is 22.7 Å². The molecule has 6 N–H and O–H groups in total. The average molecular weight is 292 g/mol. The maximum Gasteiger partial charge on any atom is 0.140 e. The minimum absolute atomic E-state index is 0.0277. The third-order valence-electron chi connectivity index (χ3n) is 3.65. The van der Waals surface area contributed by atoms with E-state index in [2.05, 4.69) is 4.98 Å². The molecule has 110 valence electrons. The molecule has 3 rings (SSSR count). The van der Waals surface area contributed by atoms with Crippen LogP contribution in [0.25, 0.3) is 22.4 Å². The predicted octanol–water partition coefficient (Wildman–Crippen LogP) is 1.81. The molecule has 0 bridgehead atoms. The first-order valence-electron chi connectivity index (χ1n) is 6.73. The molecular weight excluding hydrogens is 276 g/mol. The Hall–Kier alpha value is -3.15. The number of rotatable bonds is 3. The lowest BCUT2D eigenvalue weighted by atomic mass is 10.1. The lowest BCUT2D eigenvalue weighted by Crippen LogP contribution is -2.10. The summed E-state index contributed by atoms with van der Waals surface area (Å²) in [5.74, 6) is 0.883. The molecule has 0 atom stereocenters. The molecular formula is C16H16N6. The molecule has 22 heavy (non-hydrogen) atoms. The maximum absolute atomic E-state index is 7.51. The minimum atomic E-state index is 0.0277. The van der Waals surface area contributed by atoms with E-state index in [0.29, 0.717) is 11.1 Å². The highest BCUT2D eigenvalue weighted by atomic mass is 15.1. The number of nitrogen functional groups attached to an aromatic ring is 2. The molecule has 0 aliphatic heterocycles. The molecule has 0 fully saturated rings. The number of imidazole rings is 1. The summed E-state index contributed by atoms with van der Waals surface area (Å²) in [7, 11) is 1.94. The highest BCUT2D eigenvalue weighted by molar-refractivity contribution is 5.98. The van der Waals surface area contributed by atoms with E-state index in [1.54, 1.807) is 12.1 Å². The van der Waals surface area contributed by atoms with Gasteiger partial charge in [0.25, 0.3) is 0 Å². The van der Waals surface area contributed by atoms with Gasteiger partial charge >= 0.3 is 0 Å². The topological polar surface area (TPSA) is 118 Å². The van der Waals surface area contributed by atoms with E-state index in [1.807, 2.05) is 41.9 Å². The molecule has 0 aliphatic rings. The number of amidine groups is 2. The average Bonchev–Trinajstić information content (AvgIpc) is 2.84. The molecule has 1 aromatic heterocycles. The first-order chi connectivity index (χ1) is 10.5. The van der Waals surface area contributed by atoms with Gasteiger partial charge < -0.3 is 16.0 Å². The van der Waals surface area contributed by atoms with Crippen molar-refractivity contribution in [3.05, 3.63) is 53.6 Å². The summed E-state index contributed by atoms with van der Waals surface area (Å²) in [6.07, 6.45) is 0. The van der Waals surface area contributed by atoms with Crippen LogP contribution in [0.2, 0.25) is 0 Å². The molecule has 0 aliphatic carbocycles. The first kappa shape index (κ1) is 13.8. The van der Waals surface area contributed by atoms with Gasteiger partial charge in [-0.15, -0.1) is 0 Å². The Kier molecular flexibility index (Phi) is 3.14. The first-order valence-corrected chi connectivity index (χ1v) is 6.73. The number of fused-ring (bicyclic) bond motifs is 1. The smallest absolute Gasteiger partial charge is 0.140 e. The van der Waals surface area contributed by atoms with Gasteiger partial charge in [0.05, 0.1) is 11.0 Å². The molecule has 0 radical (unpaired) electrons. The highest BCUT2D eigenvalue weighted by Gasteiger charge is 2.11. The molecule has 0 amide bonds. The Morgan fingerprint density at radius 1 is 0.955 bits per heavy atom. The number of nitrogens with zero attached hydrogens (tertiary/aromatic N) is 2. The van der Waals surface area contributed by atoms with Gasteiger partial charge in [-0.1, -0.05) is 24.3 Å². The monoisotopic (exact) mass is 292 g/mol. The number of nitrogens with two attached hydrogens (primary N) is 2. The van der Waals surface area contributed by atoms with E-state index in [0.717, 1.165) is 22.4 Å². The second kappa shape index (κ2) is 5.00. The molecule has 0 saturated heterocycles. The fourth-order valence-corrected chi connectivity index (χ4v) is 2.42. The van der Waals surface area contributed by atoms with E-state index in [1.165, 1.54) is 0 Å². The van der Waals surface area contributed by atoms with Gasteiger partial charge in [0, 0.05) is 23.7 Å². The Labute approximate surface area is 127 Å². The van der Waals surface area contributed by atoms with Crippen LogP contribution in [0.1, 0.15) is 11.1 Å². The largest absolute Gasteiger partial charge is 0.384 e. The van der Waals surface area contributed by atoms with Gasteiger partial charge in [0.1, 0.15) is 17.5 Å². The molecule has 6 heteroatoms. The number of hydrogen-bond acceptors (Lipinski definition) is 3. The van der Waals surface area contributed by atoms with Crippen LogP contribution in [-0.4, -0.2) is 21.2 Å². The lowest BCUT2D eigenvalue weighted by molar-refractivity contribution is 0.959.